The molecule has 1 aliphatic rings. The molecule has 1 heterocycles. The summed E-state index contributed by atoms with van der Waals surface area (Å²) < 4.78 is 5.35. The first-order valence-corrected chi connectivity index (χ1v) is 6.48. The Morgan fingerprint density at radius 2 is 1.84 bits per heavy atom. The number of hydrogen-bond acceptors (Lipinski definition) is 3. The molecule has 0 aliphatic carbocycles. The second kappa shape index (κ2) is 4.94. The van der Waals surface area contributed by atoms with Gasteiger partial charge in [-0.15, -0.1) is 0 Å². The molecule has 2 rings (SSSR count). The molecule has 0 aromatic heterocycles. The lowest BCUT2D eigenvalue weighted by Crippen LogP contribution is -2.63. The summed E-state index contributed by atoms with van der Waals surface area (Å²) in [5, 5.41) is 12.4. The van der Waals surface area contributed by atoms with E-state index in [4.69, 9.17) is 4.74 Å². The second-order valence-corrected chi connectivity index (χ2v) is 5.46. The molecule has 1 aromatic rings. The standard InChI is InChI=1S/C15H21NO3/c1-9-5-11(3)12(6-10(9)2)15(7-19-8-15)13(16-4)14(17)18/h5-6,13,16H,7-8H2,1-4H3,(H,17,18). The van der Waals surface area contributed by atoms with Crippen molar-refractivity contribution >= 4 is 5.97 Å². The third kappa shape index (κ3) is 2.15. The van der Waals surface area contributed by atoms with E-state index in [9.17, 15) is 9.90 Å². The van der Waals surface area contributed by atoms with Crippen LogP contribution in [0.15, 0.2) is 12.1 Å². The largest absolute Gasteiger partial charge is 0.480 e. The van der Waals surface area contributed by atoms with Crippen molar-refractivity contribution in [1.82, 2.24) is 5.32 Å². The first kappa shape index (κ1) is 14.0. The monoisotopic (exact) mass is 263 g/mol. The van der Waals surface area contributed by atoms with Gasteiger partial charge < -0.3 is 15.2 Å². The van der Waals surface area contributed by atoms with Crippen molar-refractivity contribution in [3.8, 4) is 0 Å². The van der Waals surface area contributed by atoms with E-state index in [1.165, 1.54) is 11.1 Å². The van der Waals surface area contributed by atoms with Crippen LogP contribution in [0.5, 0.6) is 0 Å². The van der Waals surface area contributed by atoms with Crippen molar-refractivity contribution in [2.75, 3.05) is 20.3 Å². The SMILES string of the molecule is CNC(C(=O)O)C1(c2cc(C)c(C)cc2C)COC1. The summed E-state index contributed by atoms with van der Waals surface area (Å²) >= 11 is 0. The number of carboxylic acids is 1. The van der Waals surface area contributed by atoms with Gasteiger partial charge in [0.25, 0.3) is 0 Å². The number of aliphatic carboxylic acids is 1. The van der Waals surface area contributed by atoms with Crippen molar-refractivity contribution in [3.63, 3.8) is 0 Å². The molecule has 1 aliphatic heterocycles. The number of aryl methyl sites for hydroxylation is 3. The second-order valence-electron chi connectivity index (χ2n) is 5.46. The Morgan fingerprint density at radius 3 is 2.26 bits per heavy atom. The van der Waals surface area contributed by atoms with Gasteiger partial charge in [0.1, 0.15) is 6.04 Å². The molecule has 0 spiro atoms. The smallest absolute Gasteiger partial charge is 0.321 e. The molecule has 2 N–H and O–H groups in total. The highest BCUT2D eigenvalue weighted by Crippen LogP contribution is 2.38. The zero-order chi connectivity index (χ0) is 14.2. The van der Waals surface area contributed by atoms with Crippen molar-refractivity contribution in [1.29, 1.82) is 0 Å². The van der Waals surface area contributed by atoms with Gasteiger partial charge in [0.15, 0.2) is 0 Å². The van der Waals surface area contributed by atoms with Crippen LogP contribution in [-0.4, -0.2) is 37.4 Å². The van der Waals surface area contributed by atoms with Crippen LogP contribution in [0.1, 0.15) is 22.3 Å². The molecule has 4 heteroatoms. The number of ether oxygens (including phenoxy) is 1. The van der Waals surface area contributed by atoms with Crippen molar-refractivity contribution in [3.05, 3.63) is 34.4 Å². The molecule has 19 heavy (non-hydrogen) atoms. The van der Waals surface area contributed by atoms with Crippen molar-refractivity contribution in [2.24, 2.45) is 0 Å². The zero-order valence-corrected chi connectivity index (χ0v) is 11.9. The van der Waals surface area contributed by atoms with E-state index in [1.54, 1.807) is 7.05 Å². The minimum atomic E-state index is -0.830. The summed E-state index contributed by atoms with van der Waals surface area (Å²) in [6, 6.07) is 3.61. The van der Waals surface area contributed by atoms with E-state index < -0.39 is 17.4 Å². The lowest BCUT2D eigenvalue weighted by atomic mass is 9.70. The maximum absolute atomic E-state index is 11.5. The topological polar surface area (TPSA) is 58.6 Å². The third-order valence-corrected chi connectivity index (χ3v) is 4.18. The first-order chi connectivity index (χ1) is 8.92. The van der Waals surface area contributed by atoms with Gasteiger partial charge in [-0.3, -0.25) is 4.79 Å². The summed E-state index contributed by atoms with van der Waals surface area (Å²) in [7, 11) is 1.69. The summed E-state index contributed by atoms with van der Waals surface area (Å²) in [5.41, 5.74) is 4.18. The highest BCUT2D eigenvalue weighted by molar-refractivity contribution is 5.77. The number of benzene rings is 1. The Labute approximate surface area is 113 Å². The molecule has 1 unspecified atom stereocenters. The van der Waals surface area contributed by atoms with Crippen molar-refractivity contribution < 1.29 is 14.6 Å². The number of hydrogen-bond donors (Lipinski definition) is 2. The maximum Gasteiger partial charge on any atom is 0.321 e. The predicted octanol–water partition coefficient (Wildman–Crippen LogP) is 1.55. The molecule has 4 nitrogen and oxygen atoms in total. The maximum atomic E-state index is 11.5. The summed E-state index contributed by atoms with van der Waals surface area (Å²) in [6.07, 6.45) is 0. The lowest BCUT2D eigenvalue weighted by Gasteiger charge is -2.46. The number of carboxylic acid groups (broad SMARTS) is 1. The number of carbonyl (C=O) groups is 1. The first-order valence-electron chi connectivity index (χ1n) is 6.48. The van der Waals surface area contributed by atoms with Crippen LogP contribution >= 0.6 is 0 Å². The Balaban J connectivity index is 2.53. The minimum absolute atomic E-state index is 0.453. The van der Waals surface area contributed by atoms with Gasteiger partial charge in [0.2, 0.25) is 0 Å². The van der Waals surface area contributed by atoms with Gasteiger partial charge in [-0.1, -0.05) is 12.1 Å². The predicted molar refractivity (Wildman–Crippen MR) is 73.6 cm³/mol. The van der Waals surface area contributed by atoms with E-state index in [0.29, 0.717) is 13.2 Å². The van der Waals surface area contributed by atoms with E-state index in [1.807, 2.05) is 6.92 Å². The molecular formula is C15H21NO3. The summed E-state index contributed by atoms with van der Waals surface area (Å²) in [4.78, 5) is 11.5. The minimum Gasteiger partial charge on any atom is -0.480 e. The summed E-state index contributed by atoms with van der Waals surface area (Å²) in [6.45, 7) is 7.07. The van der Waals surface area contributed by atoms with Crippen molar-refractivity contribution in [2.45, 2.75) is 32.2 Å². The van der Waals surface area contributed by atoms with Crippen LogP contribution in [0.25, 0.3) is 0 Å². The van der Waals surface area contributed by atoms with E-state index in [0.717, 1.165) is 11.1 Å². The van der Waals surface area contributed by atoms with E-state index in [2.05, 4.69) is 31.3 Å². The Morgan fingerprint density at radius 1 is 1.26 bits per heavy atom. The Kier molecular flexibility index (Phi) is 3.65. The molecule has 0 radical (unpaired) electrons. The third-order valence-electron chi connectivity index (χ3n) is 4.18. The number of nitrogens with one attached hydrogen (secondary N) is 1. The van der Waals surface area contributed by atoms with Gasteiger partial charge in [-0.05, 0) is 50.1 Å². The molecule has 1 saturated heterocycles. The van der Waals surface area contributed by atoms with Gasteiger partial charge in [-0.25, -0.2) is 0 Å². The summed E-state index contributed by atoms with van der Waals surface area (Å²) in [5.74, 6) is -0.830. The average molecular weight is 263 g/mol. The molecule has 104 valence electrons. The molecule has 0 amide bonds. The highest BCUT2D eigenvalue weighted by atomic mass is 16.5. The van der Waals surface area contributed by atoms with E-state index in [-0.39, 0.29) is 0 Å². The van der Waals surface area contributed by atoms with Gasteiger partial charge >= 0.3 is 5.97 Å². The quantitative estimate of drug-likeness (QED) is 0.865. The normalized spacial score (nSPS) is 18.7. The van der Waals surface area contributed by atoms with Crippen LogP contribution in [0, 0.1) is 20.8 Å². The molecule has 1 aromatic carbocycles. The number of likely N-dealkylation sites (N-methyl/N-ethyl adjacent to an activating group) is 1. The van der Waals surface area contributed by atoms with Gasteiger partial charge in [-0.2, -0.15) is 0 Å². The Hall–Kier alpha value is -1.39. The van der Waals surface area contributed by atoms with Crippen LogP contribution in [0.2, 0.25) is 0 Å². The van der Waals surface area contributed by atoms with Gasteiger partial charge in [0.05, 0.1) is 18.6 Å². The lowest BCUT2D eigenvalue weighted by molar-refractivity contribution is -0.150. The molecule has 1 atom stereocenters. The molecule has 0 saturated carbocycles. The van der Waals surface area contributed by atoms with Gasteiger partial charge in [0, 0.05) is 0 Å². The zero-order valence-electron chi connectivity index (χ0n) is 11.9. The number of rotatable bonds is 4. The fourth-order valence-electron chi connectivity index (χ4n) is 2.93. The average Bonchev–Trinajstić information content (AvgIpc) is 2.28. The molecule has 0 bridgehead atoms. The fourth-order valence-corrected chi connectivity index (χ4v) is 2.93. The van der Waals surface area contributed by atoms with E-state index >= 15 is 0 Å². The fraction of sp³-hybridized carbons (Fsp3) is 0.533. The van der Waals surface area contributed by atoms with Crippen LogP contribution in [0.3, 0.4) is 0 Å². The van der Waals surface area contributed by atoms with Crippen LogP contribution in [0.4, 0.5) is 0 Å². The Bertz CT molecular complexity index is 506. The van der Waals surface area contributed by atoms with Crippen LogP contribution in [-0.2, 0) is 14.9 Å². The molecule has 1 fully saturated rings. The highest BCUT2D eigenvalue weighted by Gasteiger charge is 2.50. The molecular weight excluding hydrogens is 242 g/mol. The van der Waals surface area contributed by atoms with Crippen LogP contribution < -0.4 is 5.32 Å².